The average molecular weight is 476 g/mol. The zero-order valence-electron chi connectivity index (χ0n) is 12.9. The molecule has 1 aromatic carbocycles. The van der Waals surface area contributed by atoms with Crippen molar-refractivity contribution in [2.24, 2.45) is 0 Å². The standard InChI is InChI=1S/C15H12BrCl2F3N2O3/c16-10-7-9(24-4-3-13(17)18)1-2-11(10)25-5-6-26-14-8-12(22-23-14)15(19,20)21/h1-3,7-8H,4-6H2,(H,22,23). The Morgan fingerprint density at radius 2 is 1.88 bits per heavy atom. The maximum Gasteiger partial charge on any atom is 0.432 e. The third kappa shape index (κ3) is 6.62. The number of H-pyrrole nitrogens is 1. The van der Waals surface area contributed by atoms with E-state index in [-0.39, 0.29) is 30.2 Å². The molecule has 2 aromatic rings. The highest BCUT2D eigenvalue weighted by molar-refractivity contribution is 9.10. The Bertz CT molecular complexity index is 765. The van der Waals surface area contributed by atoms with Crippen LogP contribution in [0.25, 0.3) is 0 Å². The number of hydrogen-bond acceptors (Lipinski definition) is 4. The van der Waals surface area contributed by atoms with Crippen LogP contribution in [-0.2, 0) is 6.18 Å². The molecule has 0 spiro atoms. The summed E-state index contributed by atoms with van der Waals surface area (Å²) in [5.74, 6) is 0.933. The number of nitrogens with one attached hydrogen (secondary N) is 1. The second-order valence-corrected chi connectivity index (χ2v) is 6.57. The van der Waals surface area contributed by atoms with E-state index in [0.717, 1.165) is 6.07 Å². The molecule has 1 aromatic heterocycles. The highest BCUT2D eigenvalue weighted by Gasteiger charge is 2.33. The van der Waals surface area contributed by atoms with Crippen molar-refractivity contribution in [3.8, 4) is 17.4 Å². The first-order chi connectivity index (χ1) is 12.3. The lowest BCUT2D eigenvalue weighted by Crippen LogP contribution is -2.09. The number of alkyl halides is 3. The van der Waals surface area contributed by atoms with E-state index in [1.54, 1.807) is 18.2 Å². The van der Waals surface area contributed by atoms with Gasteiger partial charge < -0.3 is 14.2 Å². The Morgan fingerprint density at radius 3 is 2.50 bits per heavy atom. The Labute approximate surface area is 165 Å². The number of hydrogen-bond donors (Lipinski definition) is 1. The van der Waals surface area contributed by atoms with Gasteiger partial charge in [-0.15, -0.1) is 5.10 Å². The van der Waals surface area contributed by atoms with Gasteiger partial charge >= 0.3 is 6.18 Å². The van der Waals surface area contributed by atoms with Crippen molar-refractivity contribution in [2.75, 3.05) is 19.8 Å². The molecule has 26 heavy (non-hydrogen) atoms. The minimum absolute atomic E-state index is 0.0197. The molecule has 1 heterocycles. The predicted molar refractivity (Wildman–Crippen MR) is 94.0 cm³/mol. The van der Waals surface area contributed by atoms with Gasteiger partial charge in [-0.3, -0.25) is 5.10 Å². The number of rotatable bonds is 8. The zero-order chi connectivity index (χ0) is 19.2. The van der Waals surface area contributed by atoms with Crippen molar-refractivity contribution < 1.29 is 27.4 Å². The topological polar surface area (TPSA) is 56.4 Å². The molecule has 0 radical (unpaired) electrons. The number of benzene rings is 1. The average Bonchev–Trinajstić information content (AvgIpc) is 3.02. The van der Waals surface area contributed by atoms with E-state index in [9.17, 15) is 13.2 Å². The summed E-state index contributed by atoms with van der Waals surface area (Å²) in [5.41, 5.74) is -0.975. The SMILES string of the molecule is FC(F)(F)c1cc(OCCOc2ccc(OCC=C(Cl)Cl)cc2Br)n[nH]1. The van der Waals surface area contributed by atoms with Gasteiger partial charge in [-0.05, 0) is 40.2 Å². The van der Waals surface area contributed by atoms with Crippen LogP contribution in [0.2, 0.25) is 0 Å². The van der Waals surface area contributed by atoms with Gasteiger partial charge in [0.15, 0.2) is 0 Å². The molecule has 0 fully saturated rings. The molecule has 0 saturated carbocycles. The third-order valence-electron chi connectivity index (χ3n) is 2.84. The molecule has 0 saturated heterocycles. The normalized spacial score (nSPS) is 11.2. The number of halogens is 6. The summed E-state index contributed by atoms with van der Waals surface area (Å²) in [5, 5.41) is 5.29. The van der Waals surface area contributed by atoms with Crippen molar-refractivity contribution in [2.45, 2.75) is 6.18 Å². The van der Waals surface area contributed by atoms with Crippen molar-refractivity contribution in [1.82, 2.24) is 10.2 Å². The van der Waals surface area contributed by atoms with E-state index >= 15 is 0 Å². The number of nitrogens with zero attached hydrogens (tertiary/aromatic N) is 1. The molecule has 11 heteroatoms. The van der Waals surface area contributed by atoms with Crippen molar-refractivity contribution in [3.63, 3.8) is 0 Å². The first kappa shape index (κ1) is 20.7. The first-order valence-electron chi connectivity index (χ1n) is 7.07. The number of ether oxygens (including phenoxy) is 3. The smallest absolute Gasteiger partial charge is 0.432 e. The van der Waals surface area contributed by atoms with Gasteiger partial charge in [0.2, 0.25) is 5.88 Å². The highest BCUT2D eigenvalue weighted by atomic mass is 79.9. The molecule has 0 unspecified atom stereocenters. The monoisotopic (exact) mass is 474 g/mol. The summed E-state index contributed by atoms with van der Waals surface area (Å²) in [7, 11) is 0. The lowest BCUT2D eigenvalue weighted by atomic mass is 10.3. The van der Waals surface area contributed by atoms with Gasteiger partial charge in [-0.25, -0.2) is 0 Å². The van der Waals surface area contributed by atoms with E-state index in [1.807, 2.05) is 5.10 Å². The van der Waals surface area contributed by atoms with Crippen LogP contribution in [0.5, 0.6) is 17.4 Å². The highest BCUT2D eigenvalue weighted by Crippen LogP contribution is 2.30. The van der Waals surface area contributed by atoms with Crippen LogP contribution in [0.3, 0.4) is 0 Å². The van der Waals surface area contributed by atoms with Crippen LogP contribution >= 0.6 is 39.1 Å². The van der Waals surface area contributed by atoms with Crippen LogP contribution < -0.4 is 14.2 Å². The lowest BCUT2D eigenvalue weighted by molar-refractivity contribution is -0.141. The molecular weight excluding hydrogens is 464 g/mol. The summed E-state index contributed by atoms with van der Waals surface area (Å²) >= 11 is 14.3. The maximum absolute atomic E-state index is 12.4. The fourth-order valence-corrected chi connectivity index (χ4v) is 2.31. The largest absolute Gasteiger partial charge is 0.489 e. The molecular formula is C15H12BrCl2F3N2O3. The van der Waals surface area contributed by atoms with Gasteiger partial charge in [0.05, 0.1) is 4.47 Å². The second-order valence-electron chi connectivity index (χ2n) is 4.71. The summed E-state index contributed by atoms with van der Waals surface area (Å²) in [4.78, 5) is 0. The Kier molecular flexibility index (Phi) is 7.48. The quantitative estimate of drug-likeness (QED) is 0.523. The van der Waals surface area contributed by atoms with Crippen LogP contribution in [0.15, 0.2) is 39.3 Å². The Morgan fingerprint density at radius 1 is 1.15 bits per heavy atom. The molecule has 0 aliphatic carbocycles. The Balaban J connectivity index is 1.79. The molecule has 0 aliphatic rings. The van der Waals surface area contributed by atoms with Crippen LogP contribution in [0.1, 0.15) is 5.69 Å². The molecule has 0 aliphatic heterocycles. The zero-order valence-corrected chi connectivity index (χ0v) is 16.0. The number of aromatic nitrogens is 2. The van der Waals surface area contributed by atoms with E-state index in [0.29, 0.717) is 16.0 Å². The van der Waals surface area contributed by atoms with Gasteiger partial charge in [-0.2, -0.15) is 13.2 Å². The summed E-state index contributed by atoms with van der Waals surface area (Å²) in [6.45, 7) is 0.343. The van der Waals surface area contributed by atoms with Gasteiger partial charge in [-0.1, -0.05) is 23.2 Å². The fourth-order valence-electron chi connectivity index (χ4n) is 1.71. The summed E-state index contributed by atoms with van der Waals surface area (Å²) < 4.78 is 54.0. The van der Waals surface area contributed by atoms with Crippen LogP contribution in [-0.4, -0.2) is 30.0 Å². The fraction of sp³-hybridized carbons (Fsp3) is 0.267. The molecule has 0 bridgehead atoms. The maximum atomic E-state index is 12.4. The van der Waals surface area contributed by atoms with Crippen molar-refractivity contribution in [3.05, 3.63) is 45.0 Å². The molecule has 0 amide bonds. The van der Waals surface area contributed by atoms with Gasteiger partial charge in [0.1, 0.15) is 41.5 Å². The van der Waals surface area contributed by atoms with Crippen LogP contribution in [0.4, 0.5) is 13.2 Å². The van der Waals surface area contributed by atoms with E-state index in [4.69, 9.17) is 37.4 Å². The molecule has 0 atom stereocenters. The van der Waals surface area contributed by atoms with Crippen molar-refractivity contribution in [1.29, 1.82) is 0 Å². The molecule has 1 N–H and O–H groups in total. The summed E-state index contributed by atoms with van der Waals surface area (Å²) in [6, 6.07) is 5.82. The minimum atomic E-state index is -4.50. The van der Waals surface area contributed by atoms with E-state index in [1.165, 1.54) is 6.08 Å². The van der Waals surface area contributed by atoms with E-state index < -0.39 is 11.9 Å². The van der Waals surface area contributed by atoms with Gasteiger partial charge in [0.25, 0.3) is 0 Å². The molecule has 2 rings (SSSR count). The Hall–Kier alpha value is -1.58. The molecule has 5 nitrogen and oxygen atoms in total. The summed E-state index contributed by atoms with van der Waals surface area (Å²) in [6.07, 6.45) is -3.00. The van der Waals surface area contributed by atoms with Gasteiger partial charge in [0, 0.05) is 6.07 Å². The first-order valence-corrected chi connectivity index (χ1v) is 8.62. The minimum Gasteiger partial charge on any atom is -0.489 e. The third-order valence-corrected chi connectivity index (χ3v) is 3.77. The second kappa shape index (κ2) is 9.38. The molecule has 142 valence electrons. The number of aromatic amines is 1. The van der Waals surface area contributed by atoms with E-state index in [2.05, 4.69) is 21.0 Å². The predicted octanol–water partition coefficient (Wildman–Crippen LogP) is 5.35. The van der Waals surface area contributed by atoms with Crippen LogP contribution in [0, 0.1) is 0 Å². The van der Waals surface area contributed by atoms with Crippen molar-refractivity contribution >= 4 is 39.1 Å². The lowest BCUT2D eigenvalue weighted by Gasteiger charge is -2.10.